The van der Waals surface area contributed by atoms with Crippen molar-refractivity contribution < 1.29 is 13.2 Å². The van der Waals surface area contributed by atoms with Crippen LogP contribution in [-0.2, 0) is 14.6 Å². The molecule has 2 heterocycles. The van der Waals surface area contributed by atoms with Gasteiger partial charge in [0.25, 0.3) is 5.91 Å². The summed E-state index contributed by atoms with van der Waals surface area (Å²) in [4.78, 5) is 18.0. The van der Waals surface area contributed by atoms with Crippen molar-refractivity contribution in [2.75, 3.05) is 16.4 Å². The summed E-state index contributed by atoms with van der Waals surface area (Å²) in [5.74, 6) is -0.392. The number of nitrogens with zero attached hydrogens (tertiary/aromatic N) is 2. The Balaban J connectivity index is 2.08. The molecule has 3 rings (SSSR count). The smallest absolute Gasteiger partial charge is 0.250 e. The predicted molar refractivity (Wildman–Crippen MR) is 100 cm³/mol. The summed E-state index contributed by atoms with van der Waals surface area (Å²) in [6.45, 7) is 3.54. The maximum absolute atomic E-state index is 12.1. The van der Waals surface area contributed by atoms with Crippen LogP contribution in [0.15, 0.2) is 23.2 Å². The number of amidine groups is 1. The second-order valence-electron chi connectivity index (χ2n) is 6.15. The van der Waals surface area contributed by atoms with Gasteiger partial charge < -0.3 is 4.90 Å². The normalized spacial score (nSPS) is 27.0. The minimum Gasteiger partial charge on any atom is -0.314 e. The summed E-state index contributed by atoms with van der Waals surface area (Å²) in [5.41, 5.74) is 0.580. The minimum atomic E-state index is -3.12. The number of carbonyl (C=O) groups is 1. The van der Waals surface area contributed by atoms with Crippen LogP contribution < -0.4 is 4.90 Å². The number of sulfone groups is 1. The number of aliphatic imine (C=N–C) groups is 1. The van der Waals surface area contributed by atoms with Crippen LogP contribution in [0.4, 0.5) is 5.69 Å². The lowest BCUT2D eigenvalue weighted by molar-refractivity contribution is -0.120. The molecule has 0 radical (unpaired) electrons. The molecule has 130 valence electrons. The lowest BCUT2D eigenvalue weighted by Crippen LogP contribution is -2.38. The van der Waals surface area contributed by atoms with Crippen LogP contribution in [0.3, 0.4) is 0 Å². The Labute approximate surface area is 155 Å². The molecule has 5 nitrogen and oxygen atoms in total. The van der Waals surface area contributed by atoms with Crippen LogP contribution in [0.25, 0.3) is 0 Å². The highest BCUT2D eigenvalue weighted by Gasteiger charge is 2.49. The number of anilines is 1. The zero-order valence-electron chi connectivity index (χ0n) is 13.1. The van der Waals surface area contributed by atoms with Crippen LogP contribution >= 0.6 is 35.0 Å². The fourth-order valence-corrected chi connectivity index (χ4v) is 7.03. The molecule has 1 aromatic rings. The number of carbonyl (C=O) groups excluding carboxylic acids is 1. The number of benzene rings is 1. The van der Waals surface area contributed by atoms with E-state index in [4.69, 9.17) is 23.2 Å². The fourth-order valence-electron chi connectivity index (χ4n) is 2.74. The third kappa shape index (κ3) is 3.45. The monoisotopic (exact) mass is 406 g/mol. The summed E-state index contributed by atoms with van der Waals surface area (Å²) in [5, 5.41) is 1.25. The van der Waals surface area contributed by atoms with E-state index in [1.54, 1.807) is 36.9 Å². The number of rotatable bonds is 2. The molecule has 2 aliphatic heterocycles. The average Bonchev–Trinajstić information content (AvgIpc) is 2.92. The first kappa shape index (κ1) is 18.0. The molecule has 0 aromatic heterocycles. The summed E-state index contributed by atoms with van der Waals surface area (Å²) in [6.07, 6.45) is 0. The van der Waals surface area contributed by atoms with E-state index in [0.717, 1.165) is 0 Å². The molecule has 0 spiro atoms. The van der Waals surface area contributed by atoms with Gasteiger partial charge in [0.1, 0.15) is 0 Å². The van der Waals surface area contributed by atoms with Crippen LogP contribution in [-0.4, -0.2) is 42.3 Å². The highest BCUT2D eigenvalue weighted by atomic mass is 35.5. The fraction of sp³-hybridized carbons (Fsp3) is 0.467. The van der Waals surface area contributed by atoms with Gasteiger partial charge in [-0.1, -0.05) is 48.8 Å². The molecule has 9 heteroatoms. The molecule has 2 saturated heterocycles. The average molecular weight is 407 g/mol. The van der Waals surface area contributed by atoms with E-state index < -0.39 is 9.84 Å². The zero-order valence-corrected chi connectivity index (χ0v) is 16.2. The quantitative estimate of drug-likeness (QED) is 0.753. The lowest BCUT2D eigenvalue weighted by atomic mass is 10.2. The third-order valence-electron chi connectivity index (χ3n) is 3.93. The molecule has 2 aliphatic rings. The Hall–Kier alpha value is -0.760. The molecule has 0 bridgehead atoms. The Kier molecular flexibility index (Phi) is 4.90. The van der Waals surface area contributed by atoms with Crippen molar-refractivity contribution >= 4 is 61.6 Å². The molecule has 2 atom stereocenters. The first-order valence-corrected chi connectivity index (χ1v) is 10.9. The highest BCUT2D eigenvalue weighted by molar-refractivity contribution is 8.16. The predicted octanol–water partition coefficient (Wildman–Crippen LogP) is 3.25. The number of fused-ring (bicyclic) bond motifs is 1. The van der Waals surface area contributed by atoms with Gasteiger partial charge in [-0.3, -0.25) is 4.79 Å². The van der Waals surface area contributed by atoms with E-state index >= 15 is 0 Å². The van der Waals surface area contributed by atoms with E-state index in [0.29, 0.717) is 20.9 Å². The second-order valence-corrected chi connectivity index (χ2v) is 10.4. The minimum absolute atomic E-state index is 0.0163. The van der Waals surface area contributed by atoms with Gasteiger partial charge in [-0.25, -0.2) is 8.42 Å². The largest absolute Gasteiger partial charge is 0.314 e. The SMILES string of the molecule is CC(C)C(=O)N=C1S[C@H]2CS(=O)(=O)C[C@H]2N1c1cc(Cl)ccc1Cl. The lowest BCUT2D eigenvalue weighted by Gasteiger charge is -2.25. The molecular formula is C15H16Cl2N2O3S2. The molecule has 2 fully saturated rings. The Bertz CT molecular complexity index is 824. The third-order valence-corrected chi connectivity index (χ3v) is 7.70. The van der Waals surface area contributed by atoms with Crippen molar-refractivity contribution in [3.63, 3.8) is 0 Å². The second kappa shape index (κ2) is 6.52. The van der Waals surface area contributed by atoms with Gasteiger partial charge in [-0.2, -0.15) is 4.99 Å². The Morgan fingerprint density at radius 1 is 1.33 bits per heavy atom. The maximum atomic E-state index is 12.1. The van der Waals surface area contributed by atoms with Gasteiger partial charge in [0, 0.05) is 16.2 Å². The zero-order chi connectivity index (χ0) is 17.6. The maximum Gasteiger partial charge on any atom is 0.250 e. The van der Waals surface area contributed by atoms with E-state index in [2.05, 4.69) is 4.99 Å². The molecule has 0 saturated carbocycles. The molecular weight excluding hydrogens is 391 g/mol. The van der Waals surface area contributed by atoms with Gasteiger partial charge in [-0.05, 0) is 18.2 Å². The first-order valence-electron chi connectivity index (χ1n) is 7.42. The van der Waals surface area contributed by atoms with Crippen molar-refractivity contribution in [2.24, 2.45) is 10.9 Å². The first-order chi connectivity index (χ1) is 11.2. The van der Waals surface area contributed by atoms with Crippen molar-refractivity contribution in [3.8, 4) is 0 Å². The molecule has 0 unspecified atom stereocenters. The Morgan fingerprint density at radius 3 is 2.71 bits per heavy atom. The van der Waals surface area contributed by atoms with Crippen LogP contribution in [0.5, 0.6) is 0 Å². The van der Waals surface area contributed by atoms with E-state index in [1.807, 2.05) is 0 Å². The number of halogens is 2. The van der Waals surface area contributed by atoms with Crippen molar-refractivity contribution in [2.45, 2.75) is 25.1 Å². The van der Waals surface area contributed by atoms with Crippen LogP contribution in [0.1, 0.15) is 13.8 Å². The summed E-state index contributed by atoms with van der Waals surface area (Å²) in [7, 11) is -3.12. The van der Waals surface area contributed by atoms with Gasteiger partial charge >= 0.3 is 0 Å². The number of hydrogen-bond acceptors (Lipinski definition) is 4. The number of hydrogen-bond donors (Lipinski definition) is 0. The summed E-state index contributed by atoms with van der Waals surface area (Å²) >= 11 is 13.7. The molecule has 0 N–H and O–H groups in total. The molecule has 0 aliphatic carbocycles. The van der Waals surface area contributed by atoms with Crippen molar-refractivity contribution in [3.05, 3.63) is 28.2 Å². The number of amides is 1. The van der Waals surface area contributed by atoms with Gasteiger partial charge in [0.15, 0.2) is 15.0 Å². The molecule has 1 amide bonds. The van der Waals surface area contributed by atoms with Crippen LogP contribution in [0.2, 0.25) is 10.0 Å². The summed E-state index contributed by atoms with van der Waals surface area (Å²) < 4.78 is 24.0. The molecule has 24 heavy (non-hydrogen) atoms. The van der Waals surface area contributed by atoms with E-state index in [9.17, 15) is 13.2 Å². The van der Waals surface area contributed by atoms with E-state index in [1.165, 1.54) is 11.8 Å². The van der Waals surface area contributed by atoms with Gasteiger partial charge in [-0.15, -0.1) is 0 Å². The standard InChI is InChI=1S/C15H16Cl2N2O3S2/c1-8(2)14(20)18-15-19(11-5-9(16)3-4-10(11)17)12-6-24(21,22)7-13(12)23-15/h3-5,8,12-13H,6-7H2,1-2H3/t12-,13+/m1/s1. The Morgan fingerprint density at radius 2 is 2.04 bits per heavy atom. The van der Waals surface area contributed by atoms with Crippen molar-refractivity contribution in [1.29, 1.82) is 0 Å². The highest BCUT2D eigenvalue weighted by Crippen LogP contribution is 2.43. The van der Waals surface area contributed by atoms with Gasteiger partial charge in [0.2, 0.25) is 0 Å². The number of thioether (sulfide) groups is 1. The van der Waals surface area contributed by atoms with Crippen LogP contribution in [0, 0.1) is 5.92 Å². The van der Waals surface area contributed by atoms with Gasteiger partial charge in [0.05, 0.1) is 28.3 Å². The summed E-state index contributed by atoms with van der Waals surface area (Å²) in [6, 6.07) is 4.69. The van der Waals surface area contributed by atoms with E-state index in [-0.39, 0.29) is 34.6 Å². The topological polar surface area (TPSA) is 66.8 Å². The molecule has 1 aromatic carbocycles. The van der Waals surface area contributed by atoms with Crippen molar-refractivity contribution in [1.82, 2.24) is 0 Å².